The summed E-state index contributed by atoms with van der Waals surface area (Å²) in [7, 11) is 1.48. The minimum atomic E-state index is -0.484. The number of urea groups is 1. The number of hydrogen-bond acceptors (Lipinski definition) is 3. The zero-order valence-electron chi connectivity index (χ0n) is 13.3. The second kappa shape index (κ2) is 9.35. The van der Waals surface area contributed by atoms with Crippen LogP contribution in [0.3, 0.4) is 0 Å². The molecular weight excluding hydrogens is 344 g/mol. The molecule has 2 aromatic rings. The molecule has 0 aliphatic heterocycles. The summed E-state index contributed by atoms with van der Waals surface area (Å²) in [5.74, 6) is 0.315. The van der Waals surface area contributed by atoms with Gasteiger partial charge in [-0.15, -0.1) is 11.8 Å². The minimum Gasteiger partial charge on any atom is -0.341 e. The third-order valence-corrected chi connectivity index (χ3v) is 4.94. The van der Waals surface area contributed by atoms with Crippen LogP contribution in [-0.4, -0.2) is 24.7 Å². The largest absolute Gasteiger partial charge is 0.341 e. The fourth-order valence-corrected chi connectivity index (χ4v) is 3.54. The molecule has 1 atom stereocenters. The number of halogens is 1. The second-order valence-electron chi connectivity index (χ2n) is 5.09. The highest BCUT2D eigenvalue weighted by Gasteiger charge is 2.15. The molecule has 0 aromatic heterocycles. The molecule has 24 heavy (non-hydrogen) atoms. The van der Waals surface area contributed by atoms with Crippen molar-refractivity contribution < 1.29 is 9.59 Å². The van der Waals surface area contributed by atoms with Gasteiger partial charge in [-0.05, 0) is 23.3 Å². The molecule has 2 N–H and O–H groups in total. The van der Waals surface area contributed by atoms with E-state index in [-0.39, 0.29) is 17.6 Å². The molecular formula is C18H19ClN2O2S. The zero-order chi connectivity index (χ0) is 17.4. The first kappa shape index (κ1) is 18.4. The maximum atomic E-state index is 11.7. The van der Waals surface area contributed by atoms with Crippen molar-refractivity contribution in [3.63, 3.8) is 0 Å². The summed E-state index contributed by atoms with van der Waals surface area (Å²) in [6.45, 7) is 0. The van der Waals surface area contributed by atoms with Gasteiger partial charge in [0.05, 0.1) is 5.25 Å². The van der Waals surface area contributed by atoms with E-state index in [2.05, 4.69) is 22.8 Å². The fourth-order valence-electron chi connectivity index (χ4n) is 2.17. The molecule has 0 aliphatic carbocycles. The molecule has 0 saturated heterocycles. The van der Waals surface area contributed by atoms with E-state index in [9.17, 15) is 9.59 Å². The molecule has 1 unspecified atom stereocenters. The highest BCUT2D eigenvalue weighted by Crippen LogP contribution is 2.36. The smallest absolute Gasteiger partial charge is 0.321 e. The topological polar surface area (TPSA) is 58.2 Å². The van der Waals surface area contributed by atoms with E-state index in [4.69, 9.17) is 11.6 Å². The number of rotatable bonds is 6. The van der Waals surface area contributed by atoms with Gasteiger partial charge in [-0.1, -0.05) is 54.1 Å². The lowest BCUT2D eigenvalue weighted by molar-refractivity contribution is -0.119. The summed E-state index contributed by atoms with van der Waals surface area (Å²) in [5, 5.41) is 5.44. The summed E-state index contributed by atoms with van der Waals surface area (Å²) in [4.78, 5) is 22.8. The van der Waals surface area contributed by atoms with Gasteiger partial charge in [-0.2, -0.15) is 0 Å². The van der Waals surface area contributed by atoms with Crippen LogP contribution in [0.4, 0.5) is 4.79 Å². The molecule has 2 aromatic carbocycles. The average Bonchev–Trinajstić information content (AvgIpc) is 2.60. The van der Waals surface area contributed by atoms with Crippen molar-refractivity contribution in [3.05, 3.63) is 70.7 Å². The van der Waals surface area contributed by atoms with Gasteiger partial charge in [-0.25, -0.2) is 4.79 Å². The molecule has 2 rings (SSSR count). The summed E-state index contributed by atoms with van der Waals surface area (Å²) in [5.41, 5.74) is 2.29. The van der Waals surface area contributed by atoms with Gasteiger partial charge in [0.1, 0.15) is 0 Å². The van der Waals surface area contributed by atoms with Gasteiger partial charge in [0.25, 0.3) is 0 Å². The van der Waals surface area contributed by atoms with Crippen LogP contribution in [-0.2, 0) is 4.79 Å². The number of benzene rings is 2. The molecule has 0 radical (unpaired) electrons. The Morgan fingerprint density at radius 3 is 2.29 bits per heavy atom. The number of imide groups is 1. The van der Waals surface area contributed by atoms with Crippen molar-refractivity contribution in [2.45, 2.75) is 11.7 Å². The maximum absolute atomic E-state index is 11.7. The van der Waals surface area contributed by atoms with E-state index in [0.717, 1.165) is 11.1 Å². The Balaban J connectivity index is 2.03. The highest BCUT2D eigenvalue weighted by atomic mass is 35.5. The Bertz CT molecular complexity index is 677. The molecule has 0 bridgehead atoms. The lowest BCUT2D eigenvalue weighted by Crippen LogP contribution is -2.37. The lowest BCUT2D eigenvalue weighted by atomic mass is 10.0. The highest BCUT2D eigenvalue weighted by molar-refractivity contribution is 7.99. The third-order valence-electron chi connectivity index (χ3n) is 3.37. The van der Waals surface area contributed by atoms with Crippen molar-refractivity contribution in [2.24, 2.45) is 0 Å². The Kier molecular flexibility index (Phi) is 7.15. The normalized spacial score (nSPS) is 11.6. The Hall–Kier alpha value is -1.98. The number of carbonyl (C=O) groups excluding carboxylic acids is 2. The van der Waals surface area contributed by atoms with E-state index in [1.54, 1.807) is 11.8 Å². The molecule has 126 valence electrons. The van der Waals surface area contributed by atoms with Crippen molar-refractivity contribution in [1.29, 1.82) is 0 Å². The van der Waals surface area contributed by atoms with Gasteiger partial charge < -0.3 is 5.32 Å². The number of amides is 3. The quantitative estimate of drug-likeness (QED) is 0.816. The van der Waals surface area contributed by atoms with E-state index < -0.39 is 6.03 Å². The number of nitrogens with one attached hydrogen (secondary N) is 2. The molecule has 0 heterocycles. The van der Waals surface area contributed by atoms with Crippen molar-refractivity contribution in [2.75, 3.05) is 12.8 Å². The predicted octanol–water partition coefficient (Wildman–Crippen LogP) is 4.01. The molecule has 0 saturated carbocycles. The molecule has 0 aliphatic rings. The molecule has 4 nitrogen and oxygen atoms in total. The first-order valence-electron chi connectivity index (χ1n) is 7.53. The van der Waals surface area contributed by atoms with Crippen LogP contribution >= 0.6 is 23.4 Å². The lowest BCUT2D eigenvalue weighted by Gasteiger charge is -2.17. The van der Waals surface area contributed by atoms with E-state index in [0.29, 0.717) is 10.8 Å². The first-order valence-corrected chi connectivity index (χ1v) is 8.96. The second-order valence-corrected chi connectivity index (χ2v) is 6.74. The summed E-state index contributed by atoms with van der Waals surface area (Å²) in [6, 6.07) is 17.3. The standard InChI is InChI=1S/C18H19ClN2O2S/c1-20-18(23)21-16(22)11-12-24-17(13-5-3-2-4-6-13)14-7-9-15(19)10-8-14/h2-10,17H,11-12H2,1H3,(H2,20,21,22,23). The van der Waals surface area contributed by atoms with Crippen molar-refractivity contribution in [1.82, 2.24) is 10.6 Å². The van der Waals surface area contributed by atoms with Gasteiger partial charge in [0, 0.05) is 24.2 Å². The summed E-state index contributed by atoms with van der Waals surface area (Å²) < 4.78 is 0. The van der Waals surface area contributed by atoms with Crippen LogP contribution < -0.4 is 10.6 Å². The van der Waals surface area contributed by atoms with Crippen LogP contribution in [0.15, 0.2) is 54.6 Å². The molecule has 6 heteroatoms. The monoisotopic (exact) mass is 362 g/mol. The Morgan fingerprint density at radius 1 is 1.04 bits per heavy atom. The molecule has 3 amide bonds. The molecule has 0 fully saturated rings. The first-order chi connectivity index (χ1) is 11.6. The van der Waals surface area contributed by atoms with Crippen molar-refractivity contribution in [3.8, 4) is 0 Å². The van der Waals surface area contributed by atoms with Crippen molar-refractivity contribution >= 4 is 35.3 Å². The number of carbonyl (C=O) groups is 2. The third kappa shape index (κ3) is 5.58. The van der Waals surface area contributed by atoms with Gasteiger partial charge >= 0.3 is 6.03 Å². The van der Waals surface area contributed by atoms with Gasteiger partial charge in [-0.3, -0.25) is 10.1 Å². The van der Waals surface area contributed by atoms with Gasteiger partial charge in [0.15, 0.2) is 0 Å². The summed E-state index contributed by atoms with van der Waals surface area (Å²) >= 11 is 7.63. The van der Waals surface area contributed by atoms with Crippen LogP contribution in [0.2, 0.25) is 5.02 Å². The van der Waals surface area contributed by atoms with Crippen LogP contribution in [0.5, 0.6) is 0 Å². The Labute approximate surface area is 151 Å². The van der Waals surface area contributed by atoms with Crippen LogP contribution in [0.1, 0.15) is 22.8 Å². The predicted molar refractivity (Wildman–Crippen MR) is 99.4 cm³/mol. The minimum absolute atomic E-state index is 0.108. The average molecular weight is 363 g/mol. The van der Waals surface area contributed by atoms with E-state index >= 15 is 0 Å². The van der Waals surface area contributed by atoms with Gasteiger partial charge in [0.2, 0.25) is 5.91 Å². The number of thioether (sulfide) groups is 1. The maximum Gasteiger partial charge on any atom is 0.321 e. The number of hydrogen-bond donors (Lipinski definition) is 2. The zero-order valence-corrected chi connectivity index (χ0v) is 14.9. The van der Waals surface area contributed by atoms with Crippen LogP contribution in [0, 0.1) is 0 Å². The molecule has 0 spiro atoms. The SMILES string of the molecule is CNC(=O)NC(=O)CCSC(c1ccccc1)c1ccc(Cl)cc1. The van der Waals surface area contributed by atoms with E-state index in [1.807, 2.05) is 42.5 Å². The Morgan fingerprint density at radius 2 is 1.67 bits per heavy atom. The van der Waals surface area contributed by atoms with Crippen LogP contribution in [0.25, 0.3) is 0 Å². The van der Waals surface area contributed by atoms with E-state index in [1.165, 1.54) is 7.05 Å². The summed E-state index contributed by atoms with van der Waals surface area (Å²) in [6.07, 6.45) is 0.273. The fraction of sp³-hybridized carbons (Fsp3) is 0.222.